The van der Waals surface area contributed by atoms with Crippen LogP contribution in [0.15, 0.2) is 35.6 Å². The van der Waals surface area contributed by atoms with E-state index < -0.39 is 0 Å². The van der Waals surface area contributed by atoms with Gasteiger partial charge in [-0.2, -0.15) is 9.97 Å². The molecule has 0 aliphatic carbocycles. The topological polar surface area (TPSA) is 43.6 Å². The molecule has 19 heavy (non-hydrogen) atoms. The lowest BCUT2D eigenvalue weighted by molar-refractivity contribution is 0.911. The van der Waals surface area contributed by atoms with E-state index in [1.807, 2.05) is 31.6 Å². The summed E-state index contributed by atoms with van der Waals surface area (Å²) in [6.45, 7) is 0. The van der Waals surface area contributed by atoms with Crippen LogP contribution in [0.2, 0.25) is 5.28 Å². The Kier molecular flexibility index (Phi) is 3.16. The molecule has 4 nitrogen and oxygen atoms in total. The first-order valence-corrected chi connectivity index (χ1v) is 7.29. The molecule has 0 atom stereocenters. The van der Waals surface area contributed by atoms with E-state index in [1.165, 1.54) is 11.8 Å². The van der Waals surface area contributed by atoms with Crippen molar-refractivity contribution >= 4 is 34.3 Å². The number of benzene rings is 1. The lowest BCUT2D eigenvalue weighted by atomic mass is 10.2. The molecule has 0 spiro atoms. The molecule has 1 aromatic carbocycles. The lowest BCUT2D eigenvalue weighted by Gasteiger charge is -2.01. The highest BCUT2D eigenvalue weighted by atomic mass is 35.5. The van der Waals surface area contributed by atoms with Gasteiger partial charge in [-0.25, -0.2) is 4.98 Å². The van der Waals surface area contributed by atoms with Gasteiger partial charge < -0.3 is 4.57 Å². The molecule has 3 rings (SSSR count). The van der Waals surface area contributed by atoms with E-state index in [1.54, 1.807) is 0 Å². The maximum atomic E-state index is 5.95. The van der Waals surface area contributed by atoms with Gasteiger partial charge >= 0.3 is 0 Å². The summed E-state index contributed by atoms with van der Waals surface area (Å²) >= 11 is 7.40. The molecule has 96 valence electrons. The number of hydrogen-bond donors (Lipinski definition) is 0. The monoisotopic (exact) mass is 290 g/mol. The third-order valence-corrected chi connectivity index (χ3v) is 3.62. The maximum absolute atomic E-state index is 5.95. The number of halogens is 1. The summed E-state index contributed by atoms with van der Waals surface area (Å²) in [4.78, 5) is 12.7. The minimum absolute atomic E-state index is 0.224. The molecular weight excluding hydrogens is 280 g/mol. The predicted molar refractivity (Wildman–Crippen MR) is 78.5 cm³/mol. The van der Waals surface area contributed by atoms with E-state index in [0.29, 0.717) is 11.0 Å². The molecule has 0 N–H and O–H groups in total. The van der Waals surface area contributed by atoms with Crippen molar-refractivity contribution in [2.45, 2.75) is 5.16 Å². The zero-order valence-corrected chi connectivity index (χ0v) is 12.0. The molecule has 0 bridgehead atoms. The number of hydrogen-bond acceptors (Lipinski definition) is 4. The molecular formula is C13H11ClN4S. The van der Waals surface area contributed by atoms with Crippen LogP contribution in [-0.4, -0.2) is 25.8 Å². The van der Waals surface area contributed by atoms with Gasteiger partial charge in [0.2, 0.25) is 5.28 Å². The zero-order valence-electron chi connectivity index (χ0n) is 10.5. The van der Waals surface area contributed by atoms with Crippen LogP contribution in [-0.2, 0) is 7.05 Å². The summed E-state index contributed by atoms with van der Waals surface area (Å²) in [5.41, 5.74) is 2.11. The first kappa shape index (κ1) is 12.4. The summed E-state index contributed by atoms with van der Waals surface area (Å²) in [5, 5.41) is 1.96. The molecule has 0 aliphatic rings. The summed E-state index contributed by atoms with van der Waals surface area (Å²) in [6, 6.07) is 8.14. The van der Waals surface area contributed by atoms with Crippen LogP contribution in [0.4, 0.5) is 0 Å². The van der Waals surface area contributed by atoms with Gasteiger partial charge in [0.25, 0.3) is 0 Å². The van der Waals surface area contributed by atoms with Crippen molar-refractivity contribution in [2.75, 3.05) is 6.26 Å². The van der Waals surface area contributed by atoms with Crippen molar-refractivity contribution in [3.63, 3.8) is 0 Å². The van der Waals surface area contributed by atoms with Crippen LogP contribution in [0, 0.1) is 0 Å². The van der Waals surface area contributed by atoms with Crippen molar-refractivity contribution in [1.29, 1.82) is 0 Å². The number of thioether (sulfide) groups is 1. The highest BCUT2D eigenvalue weighted by molar-refractivity contribution is 7.98. The average Bonchev–Trinajstić information content (AvgIpc) is 2.76. The molecule has 0 aliphatic heterocycles. The second kappa shape index (κ2) is 4.83. The molecule has 2 aromatic heterocycles. The van der Waals surface area contributed by atoms with Gasteiger partial charge in [0, 0.05) is 29.7 Å². The van der Waals surface area contributed by atoms with Crippen LogP contribution in [0.25, 0.3) is 22.3 Å². The number of aromatic nitrogens is 4. The van der Waals surface area contributed by atoms with Crippen molar-refractivity contribution < 1.29 is 0 Å². The molecule has 0 saturated heterocycles. The van der Waals surface area contributed by atoms with Crippen molar-refractivity contribution in [3.05, 3.63) is 35.7 Å². The van der Waals surface area contributed by atoms with Crippen molar-refractivity contribution in [3.8, 4) is 11.4 Å². The summed E-state index contributed by atoms with van der Waals surface area (Å²) < 4.78 is 2.06. The SMILES string of the molecule is CSc1nc(Cl)nc(-c2cn(C)c3ccccc23)n1. The maximum Gasteiger partial charge on any atom is 0.226 e. The Morgan fingerprint density at radius 2 is 1.95 bits per heavy atom. The van der Waals surface area contributed by atoms with E-state index in [9.17, 15) is 0 Å². The second-order valence-corrected chi connectivity index (χ2v) is 5.20. The first-order chi connectivity index (χ1) is 9.19. The molecule has 2 heterocycles. The number of rotatable bonds is 2. The summed E-state index contributed by atoms with van der Waals surface area (Å²) in [5.74, 6) is 0.612. The van der Waals surface area contributed by atoms with Gasteiger partial charge in [0.05, 0.1) is 0 Å². The molecule has 0 amide bonds. The largest absolute Gasteiger partial charge is 0.350 e. The molecule has 3 aromatic rings. The second-order valence-electron chi connectivity index (χ2n) is 4.09. The Bertz CT molecular complexity index is 753. The fourth-order valence-corrected chi connectivity index (χ4v) is 2.63. The highest BCUT2D eigenvalue weighted by Gasteiger charge is 2.12. The van der Waals surface area contributed by atoms with Gasteiger partial charge in [-0.1, -0.05) is 30.0 Å². The zero-order chi connectivity index (χ0) is 13.4. The van der Waals surface area contributed by atoms with E-state index in [2.05, 4.69) is 31.7 Å². The number of aryl methyl sites for hydroxylation is 1. The third-order valence-electron chi connectivity index (χ3n) is 2.91. The minimum atomic E-state index is 0.224. The van der Waals surface area contributed by atoms with Gasteiger partial charge in [-0.3, -0.25) is 0 Å². The van der Waals surface area contributed by atoms with Crippen LogP contribution < -0.4 is 0 Å². The Morgan fingerprint density at radius 3 is 2.74 bits per heavy atom. The highest BCUT2D eigenvalue weighted by Crippen LogP contribution is 2.28. The van der Waals surface area contributed by atoms with Gasteiger partial charge in [0.1, 0.15) is 0 Å². The Labute approximate surface area is 119 Å². The number of para-hydroxylation sites is 1. The molecule has 0 unspecified atom stereocenters. The van der Waals surface area contributed by atoms with Crippen LogP contribution in [0.3, 0.4) is 0 Å². The van der Waals surface area contributed by atoms with E-state index in [0.717, 1.165) is 16.5 Å². The van der Waals surface area contributed by atoms with Gasteiger partial charge in [-0.15, -0.1) is 0 Å². The normalized spacial score (nSPS) is 11.1. The summed E-state index contributed by atoms with van der Waals surface area (Å²) in [7, 11) is 2.00. The Hall–Kier alpha value is -1.59. The predicted octanol–water partition coefficient (Wildman–Crippen LogP) is 3.41. The van der Waals surface area contributed by atoms with Crippen LogP contribution in [0.1, 0.15) is 0 Å². The summed E-state index contributed by atoms with van der Waals surface area (Å²) in [6.07, 6.45) is 3.93. The fraction of sp³-hybridized carbons (Fsp3) is 0.154. The molecule has 0 radical (unpaired) electrons. The van der Waals surface area contributed by atoms with Crippen LogP contribution in [0.5, 0.6) is 0 Å². The van der Waals surface area contributed by atoms with E-state index >= 15 is 0 Å². The standard InChI is InChI=1S/C13H11ClN4S/c1-18-7-9(8-5-3-4-6-10(8)18)11-15-12(14)17-13(16-11)19-2/h3-7H,1-2H3. The van der Waals surface area contributed by atoms with Gasteiger partial charge in [0.15, 0.2) is 11.0 Å². The van der Waals surface area contributed by atoms with Crippen molar-refractivity contribution in [1.82, 2.24) is 19.5 Å². The van der Waals surface area contributed by atoms with E-state index in [-0.39, 0.29) is 5.28 Å². The Morgan fingerprint density at radius 1 is 1.16 bits per heavy atom. The third kappa shape index (κ3) is 2.19. The lowest BCUT2D eigenvalue weighted by Crippen LogP contribution is -1.95. The number of fused-ring (bicyclic) bond motifs is 1. The molecule has 0 fully saturated rings. The van der Waals surface area contributed by atoms with Gasteiger partial charge in [-0.05, 0) is 23.9 Å². The quantitative estimate of drug-likeness (QED) is 0.679. The number of nitrogens with zero attached hydrogens (tertiary/aromatic N) is 4. The molecule has 0 saturated carbocycles. The smallest absolute Gasteiger partial charge is 0.226 e. The molecule has 6 heteroatoms. The van der Waals surface area contributed by atoms with Crippen molar-refractivity contribution in [2.24, 2.45) is 7.05 Å². The Balaban J connectivity index is 2.27. The minimum Gasteiger partial charge on any atom is -0.350 e. The van der Waals surface area contributed by atoms with E-state index in [4.69, 9.17) is 11.6 Å². The van der Waals surface area contributed by atoms with Crippen LogP contribution >= 0.6 is 23.4 Å². The first-order valence-electron chi connectivity index (χ1n) is 5.69. The average molecular weight is 291 g/mol. The fourth-order valence-electron chi connectivity index (χ4n) is 2.06.